The summed E-state index contributed by atoms with van der Waals surface area (Å²) in [5.74, 6) is -0.352. The van der Waals surface area contributed by atoms with E-state index in [2.05, 4.69) is 62.5 Å². The molecule has 0 rings (SSSR count). The SMILES string of the molecule is CC/C=C\C/C=C\C/C=C\CCCCCCCCOCC(COP(=O)([O-])OCC[N+](C)(C)C)OC(=O)CCCCCCC/C=C\CCCCC. The van der Waals surface area contributed by atoms with Gasteiger partial charge in [-0.2, -0.15) is 0 Å². The van der Waals surface area contributed by atoms with Gasteiger partial charge in [0.25, 0.3) is 7.82 Å². The first-order chi connectivity index (χ1) is 24.1. The Balaban J connectivity index is 4.32. The number of hydrogen-bond donors (Lipinski definition) is 0. The van der Waals surface area contributed by atoms with Crippen LogP contribution in [-0.2, 0) is 27.9 Å². The van der Waals surface area contributed by atoms with E-state index < -0.39 is 13.9 Å². The van der Waals surface area contributed by atoms with Gasteiger partial charge >= 0.3 is 5.97 Å². The molecule has 2 atom stereocenters. The van der Waals surface area contributed by atoms with E-state index in [1.807, 2.05) is 21.1 Å². The van der Waals surface area contributed by atoms with Crippen molar-refractivity contribution in [2.45, 2.75) is 155 Å². The maximum absolute atomic E-state index is 12.6. The van der Waals surface area contributed by atoms with E-state index in [0.717, 1.165) is 77.0 Å². The van der Waals surface area contributed by atoms with Crippen molar-refractivity contribution in [3.05, 3.63) is 48.6 Å². The molecule has 0 radical (unpaired) electrons. The molecule has 0 aromatic carbocycles. The molecule has 0 aliphatic carbocycles. The van der Waals surface area contributed by atoms with E-state index >= 15 is 0 Å². The van der Waals surface area contributed by atoms with Crippen LogP contribution in [0.3, 0.4) is 0 Å². The third-order valence-corrected chi connectivity index (χ3v) is 9.08. The quantitative estimate of drug-likeness (QED) is 0.0209. The van der Waals surface area contributed by atoms with Gasteiger partial charge in [0.2, 0.25) is 0 Å². The smallest absolute Gasteiger partial charge is 0.306 e. The molecule has 0 aliphatic heterocycles. The van der Waals surface area contributed by atoms with Crippen molar-refractivity contribution < 1.29 is 37.3 Å². The Kier molecular flexibility index (Phi) is 33.5. The summed E-state index contributed by atoms with van der Waals surface area (Å²) in [6, 6.07) is 0. The predicted octanol–water partition coefficient (Wildman–Crippen LogP) is 10.6. The Hall–Kier alpha value is -1.54. The van der Waals surface area contributed by atoms with Gasteiger partial charge in [0.1, 0.15) is 19.3 Å². The van der Waals surface area contributed by atoms with Crippen LogP contribution in [0.5, 0.6) is 0 Å². The Morgan fingerprint density at radius 3 is 1.76 bits per heavy atom. The van der Waals surface area contributed by atoms with Crippen molar-refractivity contribution >= 4 is 13.8 Å². The number of unbranched alkanes of at least 4 members (excludes halogenated alkanes) is 14. The first-order valence-corrected chi connectivity index (χ1v) is 21.3. The van der Waals surface area contributed by atoms with Crippen LogP contribution in [-0.4, -0.2) is 70.7 Å². The van der Waals surface area contributed by atoms with Crippen molar-refractivity contribution in [3.63, 3.8) is 0 Å². The van der Waals surface area contributed by atoms with Gasteiger partial charge in [-0.1, -0.05) is 120 Å². The minimum Gasteiger partial charge on any atom is -0.756 e. The first kappa shape index (κ1) is 48.5. The van der Waals surface area contributed by atoms with E-state index in [9.17, 15) is 14.3 Å². The molecule has 0 spiro atoms. The lowest BCUT2D eigenvalue weighted by Crippen LogP contribution is -2.37. The number of nitrogens with zero attached hydrogens (tertiary/aromatic N) is 1. The summed E-state index contributed by atoms with van der Waals surface area (Å²) < 4.78 is 34.4. The summed E-state index contributed by atoms with van der Waals surface area (Å²) in [6.07, 6.45) is 39.7. The normalized spacial score (nSPS) is 14.4. The van der Waals surface area contributed by atoms with Crippen molar-refractivity contribution in [1.29, 1.82) is 0 Å². The summed E-state index contributed by atoms with van der Waals surface area (Å²) in [7, 11) is 1.33. The third kappa shape index (κ3) is 37.7. The largest absolute Gasteiger partial charge is 0.756 e. The maximum Gasteiger partial charge on any atom is 0.306 e. The standard InChI is InChI=1S/C41H76NO7P/c1-6-8-10-12-14-16-18-20-21-22-23-25-27-29-31-33-36-46-38-40(39-48-50(44,45)47-37-35-42(3,4)5)49-41(43)34-32-30-28-26-24-19-17-15-13-11-9-7-2/h8,10,14-17,20-21,40H,6-7,9,11-13,18-19,22-39H2,1-5H3/b10-8-,16-14-,17-15-,21-20-. The van der Waals surface area contributed by atoms with E-state index in [1.54, 1.807) is 0 Å². The van der Waals surface area contributed by atoms with Gasteiger partial charge in [-0.25, -0.2) is 0 Å². The van der Waals surface area contributed by atoms with Gasteiger partial charge in [0, 0.05) is 13.0 Å². The lowest BCUT2D eigenvalue weighted by Gasteiger charge is -2.28. The molecule has 0 aliphatic rings. The average Bonchev–Trinajstić information content (AvgIpc) is 3.06. The van der Waals surface area contributed by atoms with Crippen LogP contribution in [0.2, 0.25) is 0 Å². The molecule has 8 nitrogen and oxygen atoms in total. The summed E-state index contributed by atoms with van der Waals surface area (Å²) in [6.45, 7) is 5.21. The lowest BCUT2D eigenvalue weighted by molar-refractivity contribution is -0.870. The van der Waals surface area contributed by atoms with Crippen molar-refractivity contribution in [2.75, 3.05) is 54.1 Å². The molecule has 0 bridgehead atoms. The number of ether oxygens (including phenoxy) is 2. The number of esters is 1. The molecule has 0 saturated heterocycles. The fraction of sp³-hybridized carbons (Fsp3) is 0.780. The molecular formula is C41H76NO7P. The zero-order chi connectivity index (χ0) is 37.0. The highest BCUT2D eigenvalue weighted by Crippen LogP contribution is 2.38. The molecule has 0 fully saturated rings. The maximum atomic E-state index is 12.6. The van der Waals surface area contributed by atoms with E-state index in [0.29, 0.717) is 24.1 Å². The van der Waals surface area contributed by atoms with Crippen LogP contribution in [0.4, 0.5) is 0 Å². The first-order valence-electron chi connectivity index (χ1n) is 19.9. The van der Waals surface area contributed by atoms with Crippen LogP contribution in [0, 0.1) is 0 Å². The number of phosphoric acid groups is 1. The van der Waals surface area contributed by atoms with Gasteiger partial charge in [0.05, 0.1) is 34.4 Å². The lowest BCUT2D eigenvalue weighted by atomic mass is 10.1. The fourth-order valence-corrected chi connectivity index (χ4v) is 5.75. The summed E-state index contributed by atoms with van der Waals surface area (Å²) in [5.41, 5.74) is 0. The number of carbonyl (C=O) groups is 1. The second-order valence-corrected chi connectivity index (χ2v) is 15.7. The molecule has 0 heterocycles. The highest BCUT2D eigenvalue weighted by atomic mass is 31.2. The number of carbonyl (C=O) groups excluding carboxylic acids is 1. The molecule has 0 saturated carbocycles. The average molecular weight is 726 g/mol. The van der Waals surface area contributed by atoms with Crippen LogP contribution >= 0.6 is 7.82 Å². The summed E-state index contributed by atoms with van der Waals surface area (Å²) in [4.78, 5) is 24.9. The fourth-order valence-electron chi connectivity index (χ4n) is 5.02. The van der Waals surface area contributed by atoms with E-state index in [-0.39, 0.29) is 25.8 Å². The molecular weight excluding hydrogens is 649 g/mol. The Morgan fingerprint density at radius 2 is 1.16 bits per heavy atom. The number of rotatable bonds is 36. The van der Waals surface area contributed by atoms with Crippen LogP contribution < -0.4 is 4.89 Å². The Labute approximate surface area is 308 Å². The van der Waals surface area contributed by atoms with E-state index in [1.165, 1.54) is 51.4 Å². The number of quaternary nitrogens is 1. The molecule has 0 aromatic rings. The van der Waals surface area contributed by atoms with Gasteiger partial charge < -0.3 is 27.9 Å². The highest BCUT2D eigenvalue weighted by Gasteiger charge is 2.20. The molecule has 292 valence electrons. The third-order valence-electron chi connectivity index (χ3n) is 8.11. The summed E-state index contributed by atoms with van der Waals surface area (Å²) >= 11 is 0. The molecule has 0 aromatic heterocycles. The summed E-state index contributed by atoms with van der Waals surface area (Å²) in [5, 5.41) is 0. The number of hydrogen-bond acceptors (Lipinski definition) is 7. The zero-order valence-corrected chi connectivity index (χ0v) is 33.7. The number of phosphoric ester groups is 1. The predicted molar refractivity (Wildman–Crippen MR) is 208 cm³/mol. The monoisotopic (exact) mass is 726 g/mol. The van der Waals surface area contributed by atoms with Crippen molar-refractivity contribution in [1.82, 2.24) is 0 Å². The Morgan fingerprint density at radius 1 is 0.640 bits per heavy atom. The number of allylic oxidation sites excluding steroid dienone is 8. The van der Waals surface area contributed by atoms with Gasteiger partial charge in [-0.3, -0.25) is 9.36 Å². The minimum absolute atomic E-state index is 0.0200. The zero-order valence-electron chi connectivity index (χ0n) is 32.8. The van der Waals surface area contributed by atoms with Crippen LogP contribution in [0.1, 0.15) is 149 Å². The van der Waals surface area contributed by atoms with Gasteiger partial charge in [-0.05, 0) is 70.6 Å². The molecule has 0 amide bonds. The number of likely N-dealkylation sites (N-methyl/N-ethyl adjacent to an activating group) is 1. The topological polar surface area (TPSA) is 94.1 Å². The molecule has 50 heavy (non-hydrogen) atoms. The van der Waals surface area contributed by atoms with Crippen molar-refractivity contribution in [3.8, 4) is 0 Å². The Bertz CT molecular complexity index is 942. The van der Waals surface area contributed by atoms with Gasteiger partial charge in [-0.15, -0.1) is 0 Å². The van der Waals surface area contributed by atoms with E-state index in [4.69, 9.17) is 18.5 Å². The van der Waals surface area contributed by atoms with Crippen LogP contribution in [0.15, 0.2) is 48.6 Å². The molecule has 0 N–H and O–H groups in total. The second-order valence-electron chi connectivity index (χ2n) is 14.3. The second kappa shape index (κ2) is 34.5. The van der Waals surface area contributed by atoms with Crippen LogP contribution in [0.25, 0.3) is 0 Å². The van der Waals surface area contributed by atoms with Crippen molar-refractivity contribution in [2.24, 2.45) is 0 Å². The van der Waals surface area contributed by atoms with Gasteiger partial charge in [0.15, 0.2) is 0 Å². The molecule has 9 heteroatoms. The molecule has 2 unspecified atom stereocenters. The highest BCUT2D eigenvalue weighted by molar-refractivity contribution is 7.45. The minimum atomic E-state index is -4.52.